The van der Waals surface area contributed by atoms with Crippen LogP contribution in [0.1, 0.15) is 48.6 Å². The van der Waals surface area contributed by atoms with Gasteiger partial charge >= 0.3 is 0 Å². The number of aromatic nitrogens is 1. The van der Waals surface area contributed by atoms with Crippen molar-refractivity contribution in [3.05, 3.63) is 203 Å². The summed E-state index contributed by atoms with van der Waals surface area (Å²) in [6.07, 6.45) is 10.2. The van der Waals surface area contributed by atoms with Gasteiger partial charge in [-0.25, -0.2) is 0 Å². The molecule has 2 aliphatic carbocycles. The van der Waals surface area contributed by atoms with Gasteiger partial charge in [0, 0.05) is 22.3 Å². The van der Waals surface area contributed by atoms with Gasteiger partial charge in [-0.15, -0.1) is 0 Å². The summed E-state index contributed by atoms with van der Waals surface area (Å²) < 4.78 is 9.34. The molecule has 0 radical (unpaired) electrons. The number of hydrogen-bond donors (Lipinski definition) is 0. The molecular weight excluding hydrogens is 703 g/mol. The molecule has 4 heteroatoms. The summed E-state index contributed by atoms with van der Waals surface area (Å²) in [7, 11) is 0. The van der Waals surface area contributed by atoms with Crippen molar-refractivity contribution in [2.45, 2.75) is 38.0 Å². The van der Waals surface area contributed by atoms with E-state index in [1.165, 1.54) is 82.8 Å². The molecule has 7 aromatic carbocycles. The van der Waals surface area contributed by atoms with Crippen LogP contribution in [0.2, 0.25) is 0 Å². The topological polar surface area (TPSA) is 17.4 Å². The average molecular weight is 741 g/mol. The Bertz CT molecular complexity index is 3220. The van der Waals surface area contributed by atoms with Crippen molar-refractivity contribution in [2.75, 3.05) is 4.90 Å². The minimum Gasteiger partial charge on any atom is -0.453 e. The summed E-state index contributed by atoms with van der Waals surface area (Å²) in [6.45, 7) is 6.86. The Morgan fingerprint density at radius 2 is 1.53 bits per heavy atom. The van der Waals surface area contributed by atoms with E-state index >= 15 is 0 Å². The summed E-state index contributed by atoms with van der Waals surface area (Å²) in [5, 5.41) is 2.58. The molecule has 0 bridgehead atoms. The Hall–Kier alpha value is -6.96. The average Bonchev–Trinajstić information content (AvgIpc) is 3.58. The van der Waals surface area contributed by atoms with Gasteiger partial charge < -0.3 is 9.30 Å². The molecule has 13 rings (SSSR count). The Morgan fingerprint density at radius 3 is 2.38 bits per heavy atom. The van der Waals surface area contributed by atoms with Crippen molar-refractivity contribution in [1.29, 1.82) is 0 Å². The van der Waals surface area contributed by atoms with E-state index < -0.39 is 0 Å². The summed E-state index contributed by atoms with van der Waals surface area (Å²) in [4.78, 5) is 2.39. The summed E-state index contributed by atoms with van der Waals surface area (Å²) in [5.41, 5.74) is 19.6. The van der Waals surface area contributed by atoms with E-state index in [0.29, 0.717) is 0 Å². The van der Waals surface area contributed by atoms with Crippen LogP contribution < -0.4 is 26.0 Å². The van der Waals surface area contributed by atoms with Crippen molar-refractivity contribution < 1.29 is 4.74 Å². The first-order valence-electron chi connectivity index (χ1n) is 20.4. The van der Waals surface area contributed by atoms with Gasteiger partial charge in [-0.1, -0.05) is 148 Å². The zero-order valence-corrected chi connectivity index (χ0v) is 32.6. The van der Waals surface area contributed by atoms with E-state index in [4.69, 9.17) is 4.74 Å². The number of benzene rings is 6. The van der Waals surface area contributed by atoms with E-state index in [1.54, 1.807) is 0 Å². The van der Waals surface area contributed by atoms with Gasteiger partial charge in [-0.2, -0.15) is 0 Å². The minimum absolute atomic E-state index is 0.0195. The molecule has 0 fully saturated rings. The molecule has 0 N–H and O–H groups in total. The predicted molar refractivity (Wildman–Crippen MR) is 239 cm³/mol. The molecule has 5 aliphatic rings. The highest BCUT2D eigenvalue weighted by molar-refractivity contribution is 7.01. The zero-order chi connectivity index (χ0) is 38.5. The molecule has 8 aromatic rings. The van der Waals surface area contributed by atoms with Crippen LogP contribution in [0, 0.1) is 12.1 Å². The highest BCUT2D eigenvalue weighted by Gasteiger charge is 2.49. The van der Waals surface area contributed by atoms with Crippen molar-refractivity contribution in [2.24, 2.45) is 0 Å². The summed E-state index contributed by atoms with van der Waals surface area (Å²) in [6, 6.07) is 56.5. The quantitative estimate of drug-likeness (QED) is 0.164. The fourth-order valence-corrected chi connectivity index (χ4v) is 11.0. The second-order valence-corrected chi connectivity index (χ2v) is 17.5. The highest BCUT2D eigenvalue weighted by atomic mass is 16.5. The molecule has 272 valence electrons. The predicted octanol–water partition coefficient (Wildman–Crippen LogP) is 10.8. The second kappa shape index (κ2) is 11.1. The molecule has 3 nitrogen and oxygen atoms in total. The number of hydrogen-bond acceptors (Lipinski definition) is 2. The van der Waals surface area contributed by atoms with Gasteiger partial charge in [0.1, 0.15) is 0 Å². The Labute approximate surface area is 338 Å². The van der Waals surface area contributed by atoms with Crippen LogP contribution in [0.5, 0.6) is 11.5 Å². The normalized spacial score (nSPS) is 17.6. The third-order valence-electron chi connectivity index (χ3n) is 13.5. The number of allylic oxidation sites excluding steroid dienone is 5. The molecular formula is C54H37BN2O. The molecule has 0 saturated heterocycles. The van der Waals surface area contributed by atoms with Gasteiger partial charge in [0.2, 0.25) is 0 Å². The van der Waals surface area contributed by atoms with E-state index in [-0.39, 0.29) is 17.5 Å². The molecule has 58 heavy (non-hydrogen) atoms. The molecule has 1 unspecified atom stereocenters. The lowest BCUT2D eigenvalue weighted by Gasteiger charge is -2.45. The monoisotopic (exact) mass is 740 g/mol. The third-order valence-corrected chi connectivity index (χ3v) is 13.5. The molecule has 0 amide bonds. The van der Waals surface area contributed by atoms with Crippen molar-refractivity contribution in [3.63, 3.8) is 0 Å². The Kier molecular flexibility index (Phi) is 6.17. The number of ether oxygens (including phenoxy) is 1. The van der Waals surface area contributed by atoms with E-state index in [1.807, 2.05) is 0 Å². The minimum atomic E-state index is -0.334. The van der Waals surface area contributed by atoms with Gasteiger partial charge in [-0.05, 0) is 104 Å². The van der Waals surface area contributed by atoms with Crippen LogP contribution in [0.3, 0.4) is 0 Å². The second-order valence-electron chi connectivity index (χ2n) is 17.5. The Morgan fingerprint density at radius 1 is 0.741 bits per heavy atom. The maximum absolute atomic E-state index is 6.75. The van der Waals surface area contributed by atoms with Gasteiger partial charge in [0.05, 0.1) is 33.8 Å². The van der Waals surface area contributed by atoms with E-state index in [2.05, 4.69) is 200 Å². The standard InChI is InChI=1S/C54H37BN2O/c1-53(2,3)36-27-28-37-38-30-34-32-54(35-18-8-5-9-19-35)29-13-12-20-39(54)47(33-16-6-4-7-17-33)48(34)50-51(38)57(44(37)31-36)43-24-15-23-42-49(43)55(50)40-21-14-26-46-52(40)56(42)41-22-10-11-25-45(41)58-46/h4-14,16-22,24-31H,32H2,1-3H3. The third kappa shape index (κ3) is 4.01. The molecule has 1 aromatic heterocycles. The van der Waals surface area contributed by atoms with Crippen molar-refractivity contribution in [1.82, 2.24) is 4.57 Å². The van der Waals surface area contributed by atoms with Gasteiger partial charge in [-0.3, -0.25) is 4.90 Å². The Balaban J connectivity index is 1.24. The molecule has 4 heterocycles. The fraction of sp³-hybridized carbons (Fsp3) is 0.111. The van der Waals surface area contributed by atoms with Gasteiger partial charge in [0.15, 0.2) is 11.5 Å². The molecule has 1 atom stereocenters. The molecule has 0 spiro atoms. The molecule has 3 aliphatic heterocycles. The summed E-state index contributed by atoms with van der Waals surface area (Å²) in [5.74, 6) is 1.71. The highest BCUT2D eigenvalue weighted by Crippen LogP contribution is 2.54. The first kappa shape index (κ1) is 32.2. The lowest BCUT2D eigenvalue weighted by molar-refractivity contribution is 0.477. The first-order valence-corrected chi connectivity index (χ1v) is 20.4. The van der Waals surface area contributed by atoms with Crippen LogP contribution in [-0.2, 0) is 17.3 Å². The lowest BCUT2D eigenvalue weighted by atomic mass is 9.32. The van der Waals surface area contributed by atoms with Crippen LogP contribution >= 0.6 is 0 Å². The van der Waals surface area contributed by atoms with Gasteiger partial charge in [0.25, 0.3) is 6.71 Å². The summed E-state index contributed by atoms with van der Waals surface area (Å²) >= 11 is 0. The SMILES string of the molecule is CC(C)(C)c1ccc2c3cc4c(c5c3n(c2c1)-c1cc#cc2c1B5c1cccc3c1N2c1ccccc1O3)C(c1ccccc1)=C1C=CC=CC1(c1ccccc1)C4. The van der Waals surface area contributed by atoms with Crippen LogP contribution in [-0.4, -0.2) is 11.3 Å². The fourth-order valence-electron chi connectivity index (χ4n) is 11.0. The van der Waals surface area contributed by atoms with E-state index in [0.717, 1.165) is 35.0 Å². The number of anilines is 3. The smallest absolute Gasteiger partial charge is 0.254 e. The number of rotatable bonds is 2. The number of para-hydroxylation sites is 3. The number of nitrogens with zero attached hydrogens (tertiary/aromatic N) is 2. The number of fused-ring (bicyclic) bond motifs is 12. The maximum Gasteiger partial charge on any atom is 0.254 e. The molecule has 0 saturated carbocycles. The largest absolute Gasteiger partial charge is 0.453 e. The zero-order valence-electron chi connectivity index (χ0n) is 32.6. The van der Waals surface area contributed by atoms with Crippen molar-refractivity contribution >= 4 is 67.5 Å². The lowest BCUT2D eigenvalue weighted by Crippen LogP contribution is -2.61. The first-order chi connectivity index (χ1) is 28.4. The van der Waals surface area contributed by atoms with E-state index in [9.17, 15) is 0 Å². The maximum atomic E-state index is 6.75. The van der Waals surface area contributed by atoms with Crippen LogP contribution in [0.25, 0.3) is 33.1 Å². The van der Waals surface area contributed by atoms with Crippen molar-refractivity contribution in [3.8, 4) is 17.2 Å². The van der Waals surface area contributed by atoms with Crippen LogP contribution in [0.4, 0.5) is 17.1 Å². The van der Waals surface area contributed by atoms with Crippen LogP contribution in [0.15, 0.2) is 163 Å².